The highest BCUT2D eigenvalue weighted by Gasteiger charge is 2.14. The Morgan fingerprint density at radius 1 is 1.33 bits per heavy atom. The Morgan fingerprint density at radius 2 is 2.06 bits per heavy atom. The first kappa shape index (κ1) is 14.5. The van der Waals surface area contributed by atoms with Crippen LogP contribution in [0.4, 0.5) is 0 Å². The number of ether oxygens (including phenoxy) is 2. The van der Waals surface area contributed by atoms with Gasteiger partial charge in [-0.3, -0.25) is 10.1 Å². The highest BCUT2D eigenvalue weighted by atomic mass is 16.5. The lowest BCUT2D eigenvalue weighted by Crippen LogP contribution is -2.28. The molecular formula is C14H21NO3. The third kappa shape index (κ3) is 4.04. The van der Waals surface area contributed by atoms with Gasteiger partial charge in [-0.1, -0.05) is 25.1 Å². The van der Waals surface area contributed by atoms with E-state index in [1.54, 1.807) is 14.0 Å². The Balaban J connectivity index is 2.68. The summed E-state index contributed by atoms with van der Waals surface area (Å²) in [4.78, 5) is 11.3. The normalized spacial score (nSPS) is 11.9. The Kier molecular flexibility index (Phi) is 6.22. The van der Waals surface area contributed by atoms with Crippen LogP contribution >= 0.6 is 0 Å². The Bertz CT molecular complexity index is 379. The quantitative estimate of drug-likeness (QED) is 0.755. The second-order valence-electron chi connectivity index (χ2n) is 3.89. The minimum Gasteiger partial charge on any atom is -0.496 e. The number of methoxy groups -OCH3 is 1. The van der Waals surface area contributed by atoms with E-state index in [1.165, 1.54) is 0 Å². The van der Waals surface area contributed by atoms with Gasteiger partial charge in [-0.15, -0.1) is 0 Å². The van der Waals surface area contributed by atoms with Crippen molar-refractivity contribution in [3.8, 4) is 5.75 Å². The molecule has 0 amide bonds. The van der Waals surface area contributed by atoms with Crippen LogP contribution in [0.5, 0.6) is 5.75 Å². The number of carbonyl (C=O) groups excluding carboxylic acids is 1. The van der Waals surface area contributed by atoms with E-state index in [4.69, 9.17) is 9.47 Å². The summed E-state index contributed by atoms with van der Waals surface area (Å²) in [5.41, 5.74) is 1.06. The molecule has 1 aromatic rings. The van der Waals surface area contributed by atoms with Crippen LogP contribution in [0.1, 0.15) is 31.9 Å². The predicted octanol–water partition coefficient (Wildman–Crippen LogP) is 2.30. The van der Waals surface area contributed by atoms with Crippen molar-refractivity contribution >= 4 is 5.97 Å². The van der Waals surface area contributed by atoms with Crippen molar-refractivity contribution in [2.75, 3.05) is 20.3 Å². The number of hydrogen-bond acceptors (Lipinski definition) is 4. The highest BCUT2D eigenvalue weighted by molar-refractivity contribution is 5.71. The lowest BCUT2D eigenvalue weighted by molar-refractivity contribution is -0.142. The number of hydrogen-bond donors (Lipinski definition) is 1. The Labute approximate surface area is 108 Å². The van der Waals surface area contributed by atoms with Crippen molar-refractivity contribution in [1.82, 2.24) is 5.32 Å². The number of rotatable bonds is 7. The van der Waals surface area contributed by atoms with Crippen molar-refractivity contribution in [1.29, 1.82) is 0 Å². The number of para-hydroxylation sites is 1. The van der Waals surface area contributed by atoms with Crippen molar-refractivity contribution in [2.45, 2.75) is 26.3 Å². The maximum Gasteiger partial charge on any atom is 0.319 e. The molecule has 18 heavy (non-hydrogen) atoms. The fourth-order valence-electron chi connectivity index (χ4n) is 1.85. The van der Waals surface area contributed by atoms with E-state index >= 15 is 0 Å². The molecule has 0 radical (unpaired) electrons. The summed E-state index contributed by atoms with van der Waals surface area (Å²) in [5.74, 6) is 0.603. The van der Waals surface area contributed by atoms with Crippen LogP contribution in [-0.2, 0) is 9.53 Å². The van der Waals surface area contributed by atoms with Crippen LogP contribution in [0.2, 0.25) is 0 Å². The molecule has 1 rings (SSSR count). The van der Waals surface area contributed by atoms with Gasteiger partial charge in [0.1, 0.15) is 5.75 Å². The van der Waals surface area contributed by atoms with Gasteiger partial charge in [0.05, 0.1) is 20.3 Å². The second-order valence-corrected chi connectivity index (χ2v) is 3.89. The second kappa shape index (κ2) is 7.71. The van der Waals surface area contributed by atoms with Gasteiger partial charge in [0.25, 0.3) is 0 Å². The molecule has 1 N–H and O–H groups in total. The van der Waals surface area contributed by atoms with Crippen LogP contribution in [0.3, 0.4) is 0 Å². The molecule has 0 saturated heterocycles. The summed E-state index contributed by atoms with van der Waals surface area (Å²) in [5, 5.41) is 3.19. The third-order valence-corrected chi connectivity index (χ3v) is 2.72. The first-order valence-electron chi connectivity index (χ1n) is 6.24. The average Bonchev–Trinajstić information content (AvgIpc) is 2.40. The highest BCUT2D eigenvalue weighted by Crippen LogP contribution is 2.26. The zero-order chi connectivity index (χ0) is 13.4. The SMILES string of the molecule is CCOC(=O)CNC(CC)c1ccccc1OC. The van der Waals surface area contributed by atoms with Crippen molar-refractivity contribution in [2.24, 2.45) is 0 Å². The third-order valence-electron chi connectivity index (χ3n) is 2.72. The molecule has 0 aromatic heterocycles. The van der Waals surface area contributed by atoms with Gasteiger partial charge in [0.2, 0.25) is 0 Å². The number of esters is 1. The summed E-state index contributed by atoms with van der Waals surface area (Å²) in [7, 11) is 1.65. The molecule has 0 aliphatic heterocycles. The molecule has 1 aromatic carbocycles. The summed E-state index contributed by atoms with van der Waals surface area (Å²) in [6.07, 6.45) is 0.875. The molecule has 100 valence electrons. The van der Waals surface area contributed by atoms with Crippen LogP contribution < -0.4 is 10.1 Å². The first-order valence-corrected chi connectivity index (χ1v) is 6.24. The minimum absolute atomic E-state index is 0.0885. The van der Waals surface area contributed by atoms with Gasteiger partial charge in [0, 0.05) is 11.6 Å². The van der Waals surface area contributed by atoms with Crippen LogP contribution in [0, 0.1) is 0 Å². The van der Waals surface area contributed by atoms with E-state index in [0.29, 0.717) is 6.61 Å². The van der Waals surface area contributed by atoms with Crippen molar-refractivity contribution in [3.63, 3.8) is 0 Å². The molecule has 1 unspecified atom stereocenters. The van der Waals surface area contributed by atoms with Crippen LogP contribution in [-0.4, -0.2) is 26.2 Å². The maximum absolute atomic E-state index is 11.3. The topological polar surface area (TPSA) is 47.6 Å². The van der Waals surface area contributed by atoms with Gasteiger partial charge in [-0.25, -0.2) is 0 Å². The predicted molar refractivity (Wildman–Crippen MR) is 70.7 cm³/mol. The number of carbonyl (C=O) groups is 1. The van der Waals surface area contributed by atoms with Gasteiger partial charge >= 0.3 is 5.97 Å². The van der Waals surface area contributed by atoms with Crippen LogP contribution in [0.15, 0.2) is 24.3 Å². The number of benzene rings is 1. The Hall–Kier alpha value is -1.55. The summed E-state index contributed by atoms with van der Waals surface area (Å²) in [6.45, 7) is 4.49. The molecule has 0 saturated carbocycles. The molecule has 0 fully saturated rings. The van der Waals surface area contributed by atoms with Gasteiger partial charge in [0.15, 0.2) is 0 Å². The standard InChI is InChI=1S/C14H21NO3/c1-4-12(15-10-14(16)18-5-2)11-8-6-7-9-13(11)17-3/h6-9,12,15H,4-5,10H2,1-3H3. The summed E-state index contributed by atoms with van der Waals surface area (Å²) < 4.78 is 10.2. The largest absolute Gasteiger partial charge is 0.496 e. The smallest absolute Gasteiger partial charge is 0.319 e. The molecule has 0 aliphatic rings. The lowest BCUT2D eigenvalue weighted by atomic mass is 10.0. The van der Waals surface area contributed by atoms with Gasteiger partial charge < -0.3 is 9.47 Å². The molecule has 0 bridgehead atoms. The van der Waals surface area contributed by atoms with Gasteiger partial charge in [-0.2, -0.15) is 0 Å². The Morgan fingerprint density at radius 3 is 2.67 bits per heavy atom. The van der Waals surface area contributed by atoms with Crippen molar-refractivity contribution < 1.29 is 14.3 Å². The van der Waals surface area contributed by atoms with E-state index in [1.807, 2.05) is 24.3 Å². The first-order chi connectivity index (χ1) is 8.72. The van der Waals surface area contributed by atoms with E-state index < -0.39 is 0 Å². The molecule has 4 nitrogen and oxygen atoms in total. The molecule has 4 heteroatoms. The zero-order valence-corrected chi connectivity index (χ0v) is 11.2. The fraction of sp³-hybridized carbons (Fsp3) is 0.500. The summed E-state index contributed by atoms with van der Waals surface area (Å²) >= 11 is 0. The average molecular weight is 251 g/mol. The zero-order valence-electron chi connectivity index (χ0n) is 11.2. The fourth-order valence-corrected chi connectivity index (χ4v) is 1.85. The molecule has 0 spiro atoms. The molecule has 0 heterocycles. The minimum atomic E-state index is -0.231. The monoisotopic (exact) mass is 251 g/mol. The van der Waals surface area contributed by atoms with E-state index in [2.05, 4.69) is 12.2 Å². The molecular weight excluding hydrogens is 230 g/mol. The maximum atomic E-state index is 11.3. The van der Waals surface area contributed by atoms with E-state index in [9.17, 15) is 4.79 Å². The van der Waals surface area contributed by atoms with Crippen LogP contribution in [0.25, 0.3) is 0 Å². The molecule has 1 atom stereocenters. The lowest BCUT2D eigenvalue weighted by Gasteiger charge is -2.19. The number of nitrogens with one attached hydrogen (secondary N) is 1. The van der Waals surface area contributed by atoms with Gasteiger partial charge in [-0.05, 0) is 19.4 Å². The van der Waals surface area contributed by atoms with E-state index in [0.717, 1.165) is 17.7 Å². The summed E-state index contributed by atoms with van der Waals surface area (Å²) in [6, 6.07) is 7.91. The van der Waals surface area contributed by atoms with Crippen molar-refractivity contribution in [3.05, 3.63) is 29.8 Å². The van der Waals surface area contributed by atoms with E-state index in [-0.39, 0.29) is 18.6 Å². The molecule has 0 aliphatic carbocycles.